The fraction of sp³-hybridized carbons (Fsp3) is 0.500. The van der Waals surface area contributed by atoms with Gasteiger partial charge in [0.15, 0.2) is 0 Å². The zero-order valence-electron chi connectivity index (χ0n) is 15.6. The minimum absolute atomic E-state index is 0.00799. The van der Waals surface area contributed by atoms with E-state index in [0.29, 0.717) is 6.42 Å². The predicted octanol–water partition coefficient (Wildman–Crippen LogP) is 2.02. The maximum Gasteiger partial charge on any atom is 0.552 e. The molecule has 146 valence electrons. The number of furan rings is 1. The van der Waals surface area contributed by atoms with Crippen LogP contribution in [0.2, 0.25) is 0 Å². The SMILES string of the molecule is C[C@@H]1OB([C@H](Cc2coc3ccccc23)NC(=O)[C@@H]2C[C@H]3CC[C@@H]2O3)OC1=O. The van der Waals surface area contributed by atoms with Crippen LogP contribution in [0.5, 0.6) is 0 Å². The summed E-state index contributed by atoms with van der Waals surface area (Å²) in [5.74, 6) is -1.13. The summed E-state index contributed by atoms with van der Waals surface area (Å²) in [6.07, 6.45) is 4.37. The number of ether oxygens (including phenoxy) is 1. The van der Waals surface area contributed by atoms with Gasteiger partial charge in [0.1, 0.15) is 11.7 Å². The van der Waals surface area contributed by atoms with E-state index in [1.165, 1.54) is 0 Å². The van der Waals surface area contributed by atoms with Gasteiger partial charge in [-0.15, -0.1) is 0 Å². The fourth-order valence-electron chi connectivity index (χ4n) is 4.52. The van der Waals surface area contributed by atoms with Gasteiger partial charge in [-0.1, -0.05) is 18.2 Å². The third-order valence-corrected chi connectivity index (χ3v) is 6.00. The van der Waals surface area contributed by atoms with Gasteiger partial charge in [0.25, 0.3) is 0 Å². The van der Waals surface area contributed by atoms with Crippen LogP contribution < -0.4 is 5.32 Å². The minimum Gasteiger partial charge on any atom is -0.506 e. The molecule has 7 nitrogen and oxygen atoms in total. The smallest absolute Gasteiger partial charge is 0.506 e. The van der Waals surface area contributed by atoms with Crippen molar-refractivity contribution in [3.05, 3.63) is 36.1 Å². The fourth-order valence-corrected chi connectivity index (χ4v) is 4.52. The van der Waals surface area contributed by atoms with Crippen LogP contribution in [0.25, 0.3) is 11.0 Å². The Morgan fingerprint density at radius 1 is 1.32 bits per heavy atom. The zero-order valence-corrected chi connectivity index (χ0v) is 15.6. The number of benzene rings is 1. The van der Waals surface area contributed by atoms with Crippen molar-refractivity contribution in [3.63, 3.8) is 0 Å². The highest BCUT2D eigenvalue weighted by Gasteiger charge is 2.48. The van der Waals surface area contributed by atoms with Crippen molar-refractivity contribution in [2.24, 2.45) is 5.92 Å². The van der Waals surface area contributed by atoms with Crippen LogP contribution in [0.15, 0.2) is 34.9 Å². The Bertz CT molecular complexity index is 913. The molecule has 0 aliphatic carbocycles. The van der Waals surface area contributed by atoms with Crippen molar-refractivity contribution in [1.29, 1.82) is 0 Å². The van der Waals surface area contributed by atoms with E-state index in [1.54, 1.807) is 13.2 Å². The Morgan fingerprint density at radius 2 is 2.18 bits per heavy atom. The highest BCUT2D eigenvalue weighted by Crippen LogP contribution is 2.39. The minimum atomic E-state index is -0.820. The zero-order chi connectivity index (χ0) is 19.3. The predicted molar refractivity (Wildman–Crippen MR) is 100 cm³/mol. The van der Waals surface area contributed by atoms with E-state index in [0.717, 1.165) is 35.8 Å². The summed E-state index contributed by atoms with van der Waals surface area (Å²) < 4.78 is 22.5. The standard InChI is InChI=1S/C20H22BNO6/c1-11-20(24)28-21(27-11)18(8-12-10-25-16-5-3-2-4-14(12)16)22-19(23)15-9-13-6-7-17(15)26-13/h2-5,10-11,13,15,17-18H,6-9H2,1H3,(H,22,23)/t11-,13+,15+,17-,18-/m0/s1. The first-order chi connectivity index (χ1) is 13.6. The van der Waals surface area contributed by atoms with Gasteiger partial charge >= 0.3 is 13.1 Å². The normalized spacial score (nSPS) is 30.0. The van der Waals surface area contributed by atoms with Crippen molar-refractivity contribution >= 4 is 30.0 Å². The first-order valence-electron chi connectivity index (χ1n) is 9.85. The molecular weight excluding hydrogens is 361 g/mol. The largest absolute Gasteiger partial charge is 0.552 e. The number of para-hydroxylation sites is 1. The molecule has 4 heterocycles. The molecule has 5 rings (SSSR count). The van der Waals surface area contributed by atoms with E-state index in [9.17, 15) is 9.59 Å². The highest BCUT2D eigenvalue weighted by atomic mass is 16.7. The van der Waals surface area contributed by atoms with Crippen LogP contribution in [-0.2, 0) is 30.1 Å². The number of carbonyl (C=O) groups is 2. The van der Waals surface area contributed by atoms with Gasteiger partial charge in [-0.05, 0) is 44.2 Å². The molecule has 3 saturated heterocycles. The van der Waals surface area contributed by atoms with E-state index in [-0.39, 0.29) is 24.0 Å². The number of hydrogen-bond acceptors (Lipinski definition) is 6. The van der Waals surface area contributed by atoms with Crippen LogP contribution in [-0.4, -0.2) is 43.2 Å². The topological polar surface area (TPSA) is 87.0 Å². The molecule has 2 bridgehead atoms. The Labute approximate surface area is 162 Å². The molecule has 1 aromatic heterocycles. The number of carbonyl (C=O) groups excluding carboxylic acids is 2. The molecule has 2 aromatic rings. The van der Waals surface area contributed by atoms with Crippen molar-refractivity contribution in [2.75, 3.05) is 0 Å². The quantitative estimate of drug-likeness (QED) is 0.795. The summed E-state index contributed by atoms with van der Waals surface area (Å²) in [7, 11) is -0.820. The van der Waals surface area contributed by atoms with Crippen molar-refractivity contribution in [3.8, 4) is 0 Å². The summed E-state index contributed by atoms with van der Waals surface area (Å²) in [6, 6.07) is 7.72. The highest BCUT2D eigenvalue weighted by molar-refractivity contribution is 6.51. The first-order valence-corrected chi connectivity index (χ1v) is 9.85. The Morgan fingerprint density at radius 3 is 2.89 bits per heavy atom. The lowest BCUT2D eigenvalue weighted by Crippen LogP contribution is -2.51. The Kier molecular flexibility index (Phi) is 4.40. The van der Waals surface area contributed by atoms with Crippen LogP contribution in [0.1, 0.15) is 31.7 Å². The van der Waals surface area contributed by atoms with Gasteiger partial charge in [0, 0.05) is 5.39 Å². The summed E-state index contributed by atoms with van der Waals surface area (Å²) in [4.78, 5) is 24.8. The first kappa shape index (κ1) is 17.8. The molecule has 3 fully saturated rings. The van der Waals surface area contributed by atoms with Gasteiger partial charge in [0.05, 0.1) is 30.3 Å². The molecule has 0 spiro atoms. The monoisotopic (exact) mass is 383 g/mol. The third-order valence-electron chi connectivity index (χ3n) is 6.00. The van der Waals surface area contributed by atoms with E-state index in [1.807, 2.05) is 24.3 Å². The van der Waals surface area contributed by atoms with Crippen molar-refractivity contribution in [1.82, 2.24) is 5.32 Å². The van der Waals surface area contributed by atoms with E-state index < -0.39 is 25.1 Å². The van der Waals surface area contributed by atoms with Crippen LogP contribution in [0, 0.1) is 5.92 Å². The number of amides is 1. The lowest BCUT2D eigenvalue weighted by atomic mass is 9.74. The second-order valence-corrected chi connectivity index (χ2v) is 7.88. The molecule has 3 aliphatic heterocycles. The lowest BCUT2D eigenvalue weighted by molar-refractivity contribution is -0.135. The Hall–Kier alpha value is -2.32. The van der Waals surface area contributed by atoms with Crippen LogP contribution >= 0.6 is 0 Å². The summed E-state index contributed by atoms with van der Waals surface area (Å²) >= 11 is 0. The molecule has 0 unspecified atom stereocenters. The van der Waals surface area contributed by atoms with E-state index in [2.05, 4.69) is 5.32 Å². The summed E-state index contributed by atoms with van der Waals surface area (Å²) in [6.45, 7) is 1.65. The van der Waals surface area contributed by atoms with Crippen LogP contribution in [0.4, 0.5) is 0 Å². The van der Waals surface area contributed by atoms with Gasteiger partial charge < -0.3 is 23.8 Å². The third kappa shape index (κ3) is 3.10. The summed E-state index contributed by atoms with van der Waals surface area (Å²) in [5.41, 5.74) is 1.71. The molecule has 3 aliphatic rings. The molecular formula is C20H22BNO6. The van der Waals surface area contributed by atoms with Gasteiger partial charge in [-0.2, -0.15) is 0 Å². The molecule has 1 N–H and O–H groups in total. The van der Waals surface area contributed by atoms with E-state index >= 15 is 0 Å². The number of rotatable bonds is 5. The summed E-state index contributed by atoms with van der Waals surface area (Å²) in [5, 5.41) is 4.04. The molecule has 1 aromatic carbocycles. The maximum absolute atomic E-state index is 12.9. The second kappa shape index (κ2) is 6.94. The maximum atomic E-state index is 12.9. The number of nitrogens with one attached hydrogen (secondary N) is 1. The lowest BCUT2D eigenvalue weighted by Gasteiger charge is -2.24. The van der Waals surface area contributed by atoms with E-state index in [4.69, 9.17) is 18.5 Å². The number of hydrogen-bond donors (Lipinski definition) is 1. The number of fused-ring (bicyclic) bond motifs is 3. The van der Waals surface area contributed by atoms with Crippen molar-refractivity contribution < 1.29 is 28.1 Å². The van der Waals surface area contributed by atoms with Crippen LogP contribution in [0.3, 0.4) is 0 Å². The molecule has 1 amide bonds. The molecule has 0 radical (unpaired) electrons. The Balaban J connectivity index is 1.37. The molecule has 28 heavy (non-hydrogen) atoms. The van der Waals surface area contributed by atoms with Crippen molar-refractivity contribution in [2.45, 2.75) is 56.9 Å². The van der Waals surface area contributed by atoms with Gasteiger partial charge in [-0.25, -0.2) is 0 Å². The van der Waals surface area contributed by atoms with Gasteiger partial charge in [0.2, 0.25) is 5.91 Å². The molecule has 8 heteroatoms. The average molecular weight is 383 g/mol. The van der Waals surface area contributed by atoms with Gasteiger partial charge in [-0.3, -0.25) is 9.59 Å². The molecule has 5 atom stereocenters. The second-order valence-electron chi connectivity index (χ2n) is 7.88. The molecule has 0 saturated carbocycles. The average Bonchev–Trinajstić information content (AvgIpc) is 3.47.